The summed E-state index contributed by atoms with van der Waals surface area (Å²) in [6.07, 6.45) is 1.48. The smallest absolute Gasteiger partial charge is 0.343 e. The summed E-state index contributed by atoms with van der Waals surface area (Å²) in [5.41, 5.74) is 10.7. The minimum Gasteiger partial charge on any atom is -0.462 e. The van der Waals surface area contributed by atoms with Crippen molar-refractivity contribution in [1.29, 1.82) is 0 Å². The van der Waals surface area contributed by atoms with E-state index in [1.807, 2.05) is 44.2 Å². The number of aromatic nitrogens is 2. The average Bonchev–Trinajstić information content (AvgIpc) is 2.65. The van der Waals surface area contributed by atoms with Crippen LogP contribution < -0.4 is 11.1 Å². The van der Waals surface area contributed by atoms with Crippen LogP contribution in [-0.2, 0) is 4.74 Å². The van der Waals surface area contributed by atoms with Crippen molar-refractivity contribution >= 4 is 23.2 Å². The number of anilines is 3. The summed E-state index contributed by atoms with van der Waals surface area (Å²) in [5, 5.41) is 3.22. The molecule has 0 bridgehead atoms. The Hall–Kier alpha value is -3.41. The van der Waals surface area contributed by atoms with Gasteiger partial charge in [-0.1, -0.05) is 18.2 Å². The van der Waals surface area contributed by atoms with Crippen LogP contribution in [0.5, 0.6) is 0 Å². The number of ether oxygens (including phenoxy) is 1. The summed E-state index contributed by atoms with van der Waals surface area (Å²) >= 11 is 0. The van der Waals surface area contributed by atoms with Crippen LogP contribution in [0.1, 0.15) is 28.4 Å². The zero-order chi connectivity index (χ0) is 19.4. The van der Waals surface area contributed by atoms with E-state index < -0.39 is 5.97 Å². The highest BCUT2D eigenvalue weighted by Crippen LogP contribution is 2.25. The Balaban J connectivity index is 2.04. The molecule has 6 heteroatoms. The van der Waals surface area contributed by atoms with Gasteiger partial charge in [-0.05, 0) is 56.2 Å². The number of rotatable bonds is 5. The van der Waals surface area contributed by atoms with E-state index in [1.165, 1.54) is 11.8 Å². The molecule has 0 aliphatic rings. The van der Waals surface area contributed by atoms with Crippen molar-refractivity contribution in [3.05, 3.63) is 65.4 Å². The number of nitrogens with one attached hydrogen (secondary N) is 1. The summed E-state index contributed by atoms with van der Waals surface area (Å²) in [7, 11) is 0. The van der Waals surface area contributed by atoms with E-state index in [-0.39, 0.29) is 12.2 Å². The molecule has 27 heavy (non-hydrogen) atoms. The highest BCUT2D eigenvalue weighted by Gasteiger charge is 2.17. The van der Waals surface area contributed by atoms with Crippen LogP contribution in [0.2, 0.25) is 0 Å². The molecule has 0 fully saturated rings. The number of nitrogen functional groups attached to an aromatic ring is 1. The summed E-state index contributed by atoms with van der Waals surface area (Å²) < 4.78 is 5.13. The van der Waals surface area contributed by atoms with Crippen LogP contribution in [0.3, 0.4) is 0 Å². The normalized spacial score (nSPS) is 10.5. The summed E-state index contributed by atoms with van der Waals surface area (Å²) in [4.78, 5) is 21.2. The first kappa shape index (κ1) is 18.4. The van der Waals surface area contributed by atoms with Gasteiger partial charge in [-0.15, -0.1) is 0 Å². The minimum absolute atomic E-state index is 0.277. The standard InChI is InChI=1S/C21H22N4O2/c1-4-27-21(26)18-12-23-19(15-6-5-7-16(22)11-15)25-20(18)24-17-9-8-13(2)14(3)10-17/h5-12H,4,22H2,1-3H3,(H,23,24,25). The van der Waals surface area contributed by atoms with Gasteiger partial charge in [-0.25, -0.2) is 14.8 Å². The van der Waals surface area contributed by atoms with Gasteiger partial charge in [-0.2, -0.15) is 0 Å². The maximum absolute atomic E-state index is 12.3. The molecule has 0 aliphatic heterocycles. The fourth-order valence-corrected chi connectivity index (χ4v) is 2.61. The van der Waals surface area contributed by atoms with Crippen LogP contribution in [0, 0.1) is 13.8 Å². The van der Waals surface area contributed by atoms with Gasteiger partial charge >= 0.3 is 5.97 Å². The molecule has 0 radical (unpaired) electrons. The molecule has 3 rings (SSSR count). The van der Waals surface area contributed by atoms with Crippen molar-refractivity contribution in [2.45, 2.75) is 20.8 Å². The fraction of sp³-hybridized carbons (Fsp3) is 0.190. The van der Waals surface area contributed by atoms with Crippen molar-refractivity contribution in [3.63, 3.8) is 0 Å². The van der Waals surface area contributed by atoms with Crippen LogP contribution in [0.25, 0.3) is 11.4 Å². The lowest BCUT2D eigenvalue weighted by atomic mass is 10.1. The van der Waals surface area contributed by atoms with E-state index in [1.54, 1.807) is 19.1 Å². The monoisotopic (exact) mass is 362 g/mol. The van der Waals surface area contributed by atoms with Crippen LogP contribution in [-0.4, -0.2) is 22.5 Å². The van der Waals surface area contributed by atoms with Crippen molar-refractivity contribution in [1.82, 2.24) is 9.97 Å². The maximum atomic E-state index is 12.3. The number of nitrogens with zero attached hydrogens (tertiary/aromatic N) is 2. The van der Waals surface area contributed by atoms with Gasteiger partial charge < -0.3 is 15.8 Å². The van der Waals surface area contributed by atoms with Gasteiger partial charge in [0.2, 0.25) is 0 Å². The van der Waals surface area contributed by atoms with Crippen molar-refractivity contribution in [2.75, 3.05) is 17.7 Å². The molecule has 0 amide bonds. The van der Waals surface area contributed by atoms with Crippen LogP contribution in [0.15, 0.2) is 48.7 Å². The summed E-state index contributed by atoms with van der Waals surface area (Å²) in [6, 6.07) is 13.3. The molecule has 3 aromatic rings. The number of carbonyl (C=O) groups is 1. The van der Waals surface area contributed by atoms with Gasteiger partial charge in [0.1, 0.15) is 11.4 Å². The molecule has 0 spiro atoms. The number of hydrogen-bond acceptors (Lipinski definition) is 6. The van der Waals surface area contributed by atoms with Crippen molar-refractivity contribution < 1.29 is 9.53 Å². The number of aryl methyl sites for hydroxylation is 2. The number of esters is 1. The van der Waals surface area contributed by atoms with E-state index in [0.717, 1.165) is 16.8 Å². The third-order valence-corrected chi connectivity index (χ3v) is 4.20. The molecule has 0 unspecified atom stereocenters. The number of nitrogens with two attached hydrogens (primary N) is 1. The Bertz CT molecular complexity index is 986. The minimum atomic E-state index is -0.469. The van der Waals surface area contributed by atoms with E-state index in [4.69, 9.17) is 10.5 Å². The zero-order valence-electron chi connectivity index (χ0n) is 15.6. The largest absolute Gasteiger partial charge is 0.462 e. The maximum Gasteiger partial charge on any atom is 0.343 e. The molecule has 0 atom stereocenters. The fourth-order valence-electron chi connectivity index (χ4n) is 2.61. The van der Waals surface area contributed by atoms with E-state index in [0.29, 0.717) is 17.3 Å². The lowest BCUT2D eigenvalue weighted by Crippen LogP contribution is -2.11. The van der Waals surface area contributed by atoms with Gasteiger partial charge in [0.05, 0.1) is 6.61 Å². The molecule has 1 aromatic heterocycles. The second-order valence-corrected chi connectivity index (χ2v) is 6.23. The molecular formula is C21H22N4O2. The zero-order valence-corrected chi connectivity index (χ0v) is 15.6. The summed E-state index contributed by atoms with van der Waals surface area (Å²) in [6.45, 7) is 6.12. The molecule has 138 valence electrons. The number of hydrogen-bond donors (Lipinski definition) is 2. The number of carbonyl (C=O) groups excluding carboxylic acids is 1. The Labute approximate surface area is 158 Å². The first-order valence-corrected chi connectivity index (χ1v) is 8.72. The SMILES string of the molecule is CCOC(=O)c1cnc(-c2cccc(N)c2)nc1Nc1ccc(C)c(C)c1. The van der Waals surface area contributed by atoms with E-state index in [2.05, 4.69) is 15.3 Å². The molecule has 0 aliphatic carbocycles. The highest BCUT2D eigenvalue weighted by atomic mass is 16.5. The predicted molar refractivity (Wildman–Crippen MR) is 107 cm³/mol. The second-order valence-electron chi connectivity index (χ2n) is 6.23. The van der Waals surface area contributed by atoms with Crippen LogP contribution >= 0.6 is 0 Å². The van der Waals surface area contributed by atoms with Crippen molar-refractivity contribution in [2.24, 2.45) is 0 Å². The van der Waals surface area contributed by atoms with E-state index in [9.17, 15) is 4.79 Å². The molecular weight excluding hydrogens is 340 g/mol. The Morgan fingerprint density at radius 1 is 1.15 bits per heavy atom. The first-order chi connectivity index (χ1) is 13.0. The second kappa shape index (κ2) is 7.86. The Kier molecular flexibility index (Phi) is 5.35. The van der Waals surface area contributed by atoms with Crippen LogP contribution in [0.4, 0.5) is 17.2 Å². The molecule has 3 N–H and O–H groups in total. The van der Waals surface area contributed by atoms with Gasteiger partial charge in [0, 0.05) is 23.1 Å². The molecule has 2 aromatic carbocycles. The third kappa shape index (κ3) is 4.23. The molecule has 1 heterocycles. The van der Waals surface area contributed by atoms with Gasteiger partial charge in [0.25, 0.3) is 0 Å². The number of benzene rings is 2. The molecule has 6 nitrogen and oxygen atoms in total. The molecule has 0 saturated carbocycles. The molecule has 0 saturated heterocycles. The predicted octanol–water partition coefficient (Wildman–Crippen LogP) is 4.26. The third-order valence-electron chi connectivity index (χ3n) is 4.20. The highest BCUT2D eigenvalue weighted by molar-refractivity contribution is 5.95. The van der Waals surface area contributed by atoms with Crippen molar-refractivity contribution in [3.8, 4) is 11.4 Å². The Morgan fingerprint density at radius 3 is 2.67 bits per heavy atom. The average molecular weight is 362 g/mol. The first-order valence-electron chi connectivity index (χ1n) is 8.72. The lowest BCUT2D eigenvalue weighted by Gasteiger charge is -2.13. The van der Waals surface area contributed by atoms with E-state index >= 15 is 0 Å². The van der Waals surface area contributed by atoms with Gasteiger partial charge in [0.15, 0.2) is 5.82 Å². The summed E-state index contributed by atoms with van der Waals surface area (Å²) in [5.74, 6) is 0.397. The lowest BCUT2D eigenvalue weighted by molar-refractivity contribution is 0.0526. The topological polar surface area (TPSA) is 90.1 Å². The van der Waals surface area contributed by atoms with Gasteiger partial charge in [-0.3, -0.25) is 0 Å². The quantitative estimate of drug-likeness (QED) is 0.520. The Morgan fingerprint density at radius 2 is 1.96 bits per heavy atom.